The summed E-state index contributed by atoms with van der Waals surface area (Å²) in [4.78, 5) is 22.6. The summed E-state index contributed by atoms with van der Waals surface area (Å²) < 4.78 is 5.40. The lowest BCUT2D eigenvalue weighted by Crippen LogP contribution is -2.53. The van der Waals surface area contributed by atoms with Crippen LogP contribution >= 0.6 is 11.3 Å². The Hall–Kier alpha value is -1.02. The molecule has 7 heteroatoms. The molecule has 0 unspecified atom stereocenters. The third kappa shape index (κ3) is 5.24. The van der Waals surface area contributed by atoms with Crippen LogP contribution < -0.4 is 5.32 Å². The third-order valence-corrected chi connectivity index (χ3v) is 5.34. The van der Waals surface area contributed by atoms with Gasteiger partial charge in [-0.15, -0.1) is 11.3 Å². The Kier molecular flexibility index (Phi) is 6.95. The summed E-state index contributed by atoms with van der Waals surface area (Å²) in [6.45, 7) is 14.3. The SMILES string of the molecule is CCOCCN1CCN([C@H](C)C(=O)Nc2nc(C)c(C)s2)CC1. The molecule has 0 aromatic carbocycles. The molecule has 6 nitrogen and oxygen atoms in total. The molecule has 0 spiro atoms. The van der Waals surface area contributed by atoms with E-state index in [9.17, 15) is 4.79 Å². The maximum absolute atomic E-state index is 12.4. The van der Waals surface area contributed by atoms with Crippen LogP contribution in [0.5, 0.6) is 0 Å². The highest BCUT2D eigenvalue weighted by Gasteiger charge is 2.26. The van der Waals surface area contributed by atoms with Crippen LogP contribution in [0.3, 0.4) is 0 Å². The van der Waals surface area contributed by atoms with E-state index in [0.717, 1.165) is 56.5 Å². The van der Waals surface area contributed by atoms with Gasteiger partial charge in [-0.3, -0.25) is 14.6 Å². The predicted molar refractivity (Wildman–Crippen MR) is 94.2 cm³/mol. The number of hydrogen-bond acceptors (Lipinski definition) is 6. The largest absolute Gasteiger partial charge is 0.380 e. The van der Waals surface area contributed by atoms with Crippen molar-refractivity contribution in [3.05, 3.63) is 10.6 Å². The fraction of sp³-hybridized carbons (Fsp3) is 0.750. The molecule has 1 saturated heterocycles. The number of rotatable bonds is 7. The third-order valence-electron chi connectivity index (χ3n) is 4.35. The van der Waals surface area contributed by atoms with E-state index < -0.39 is 0 Å². The molecule has 1 aromatic heterocycles. The average molecular weight is 340 g/mol. The highest BCUT2D eigenvalue weighted by Crippen LogP contribution is 2.21. The molecular weight excluding hydrogens is 312 g/mol. The van der Waals surface area contributed by atoms with E-state index in [0.29, 0.717) is 5.13 Å². The number of piperazine rings is 1. The molecule has 1 aliphatic heterocycles. The van der Waals surface area contributed by atoms with Gasteiger partial charge < -0.3 is 10.1 Å². The van der Waals surface area contributed by atoms with Crippen LogP contribution in [0.1, 0.15) is 24.4 Å². The van der Waals surface area contributed by atoms with E-state index >= 15 is 0 Å². The molecule has 1 fully saturated rings. The first-order valence-corrected chi connectivity index (χ1v) is 9.12. The lowest BCUT2D eigenvalue weighted by atomic mass is 10.2. The van der Waals surface area contributed by atoms with Crippen molar-refractivity contribution in [1.29, 1.82) is 0 Å². The molecule has 2 heterocycles. The summed E-state index contributed by atoms with van der Waals surface area (Å²) in [5, 5.41) is 3.65. The molecule has 1 N–H and O–H groups in total. The van der Waals surface area contributed by atoms with Crippen molar-refractivity contribution in [3.8, 4) is 0 Å². The van der Waals surface area contributed by atoms with Crippen molar-refractivity contribution >= 4 is 22.4 Å². The minimum absolute atomic E-state index is 0.0292. The highest BCUT2D eigenvalue weighted by atomic mass is 32.1. The molecule has 0 radical (unpaired) electrons. The second kappa shape index (κ2) is 8.73. The zero-order chi connectivity index (χ0) is 16.8. The van der Waals surface area contributed by atoms with E-state index in [-0.39, 0.29) is 11.9 Å². The van der Waals surface area contributed by atoms with Crippen LogP contribution in [0.25, 0.3) is 0 Å². The van der Waals surface area contributed by atoms with Gasteiger partial charge in [0, 0.05) is 44.2 Å². The average Bonchev–Trinajstić information content (AvgIpc) is 2.85. The quantitative estimate of drug-likeness (QED) is 0.766. The normalized spacial score (nSPS) is 18.1. The lowest BCUT2D eigenvalue weighted by Gasteiger charge is -2.37. The second-order valence-electron chi connectivity index (χ2n) is 5.90. The van der Waals surface area contributed by atoms with Gasteiger partial charge in [0.25, 0.3) is 0 Å². The Morgan fingerprint density at radius 2 is 2.04 bits per heavy atom. The van der Waals surface area contributed by atoms with Crippen molar-refractivity contribution in [2.45, 2.75) is 33.7 Å². The van der Waals surface area contributed by atoms with Gasteiger partial charge in [-0.05, 0) is 27.7 Å². The number of carbonyl (C=O) groups is 1. The molecular formula is C16H28N4O2S. The Labute approximate surface area is 142 Å². The number of carbonyl (C=O) groups excluding carboxylic acids is 1. The number of aryl methyl sites for hydroxylation is 2. The van der Waals surface area contributed by atoms with E-state index in [4.69, 9.17) is 4.74 Å². The number of amides is 1. The van der Waals surface area contributed by atoms with Crippen molar-refractivity contribution in [1.82, 2.24) is 14.8 Å². The minimum Gasteiger partial charge on any atom is -0.380 e. The van der Waals surface area contributed by atoms with Gasteiger partial charge in [0.2, 0.25) is 5.91 Å². The van der Waals surface area contributed by atoms with Crippen LogP contribution in [0.15, 0.2) is 0 Å². The van der Waals surface area contributed by atoms with Crippen LogP contribution in [-0.2, 0) is 9.53 Å². The van der Waals surface area contributed by atoms with Crippen molar-refractivity contribution in [3.63, 3.8) is 0 Å². The molecule has 1 atom stereocenters. The summed E-state index contributed by atoms with van der Waals surface area (Å²) in [6.07, 6.45) is 0. The number of nitrogens with one attached hydrogen (secondary N) is 1. The molecule has 130 valence electrons. The monoisotopic (exact) mass is 340 g/mol. The number of anilines is 1. The van der Waals surface area contributed by atoms with Crippen LogP contribution in [0.2, 0.25) is 0 Å². The van der Waals surface area contributed by atoms with E-state index in [1.165, 1.54) is 11.3 Å². The Morgan fingerprint density at radius 1 is 1.35 bits per heavy atom. The summed E-state index contributed by atoms with van der Waals surface area (Å²) >= 11 is 1.53. The minimum atomic E-state index is -0.131. The summed E-state index contributed by atoms with van der Waals surface area (Å²) in [5.41, 5.74) is 0.987. The van der Waals surface area contributed by atoms with Gasteiger partial charge in [0.1, 0.15) is 0 Å². The van der Waals surface area contributed by atoms with Gasteiger partial charge in [0.05, 0.1) is 18.3 Å². The molecule has 0 aliphatic carbocycles. The number of ether oxygens (including phenoxy) is 1. The second-order valence-corrected chi connectivity index (χ2v) is 7.10. The van der Waals surface area contributed by atoms with E-state index in [1.807, 2.05) is 27.7 Å². The molecule has 23 heavy (non-hydrogen) atoms. The van der Waals surface area contributed by atoms with Crippen LogP contribution in [0, 0.1) is 13.8 Å². The summed E-state index contributed by atoms with van der Waals surface area (Å²) in [7, 11) is 0. The Bertz CT molecular complexity index is 493. The van der Waals surface area contributed by atoms with Crippen LogP contribution in [-0.4, -0.2) is 72.7 Å². The number of aromatic nitrogens is 1. The molecule has 0 saturated carbocycles. The summed E-state index contributed by atoms with van der Waals surface area (Å²) in [6, 6.07) is -0.131. The van der Waals surface area contributed by atoms with Gasteiger partial charge >= 0.3 is 0 Å². The fourth-order valence-electron chi connectivity index (χ4n) is 2.61. The molecule has 1 amide bonds. The van der Waals surface area contributed by atoms with Crippen molar-refractivity contribution < 1.29 is 9.53 Å². The zero-order valence-electron chi connectivity index (χ0n) is 14.6. The standard InChI is InChI=1S/C16H28N4O2S/c1-5-22-11-10-19-6-8-20(9-7-19)13(3)15(21)18-16-17-12(2)14(4)23-16/h13H,5-11H2,1-4H3,(H,17,18,21)/t13-/m1/s1. The molecule has 1 aromatic rings. The topological polar surface area (TPSA) is 57.7 Å². The number of thiazole rings is 1. The van der Waals surface area contributed by atoms with Gasteiger partial charge in [-0.1, -0.05) is 0 Å². The van der Waals surface area contributed by atoms with Crippen molar-refractivity contribution in [2.24, 2.45) is 0 Å². The summed E-state index contributed by atoms with van der Waals surface area (Å²) in [5.74, 6) is 0.0292. The predicted octanol–water partition coefficient (Wildman–Crippen LogP) is 1.74. The van der Waals surface area contributed by atoms with Gasteiger partial charge in [-0.2, -0.15) is 0 Å². The number of hydrogen-bond donors (Lipinski definition) is 1. The maximum Gasteiger partial charge on any atom is 0.243 e. The Balaban J connectivity index is 1.77. The zero-order valence-corrected chi connectivity index (χ0v) is 15.4. The van der Waals surface area contributed by atoms with E-state index in [2.05, 4.69) is 20.1 Å². The number of nitrogens with zero attached hydrogens (tertiary/aromatic N) is 3. The smallest absolute Gasteiger partial charge is 0.243 e. The van der Waals surface area contributed by atoms with E-state index in [1.54, 1.807) is 0 Å². The fourth-order valence-corrected chi connectivity index (χ4v) is 3.43. The Morgan fingerprint density at radius 3 is 2.61 bits per heavy atom. The lowest BCUT2D eigenvalue weighted by molar-refractivity contribution is -0.121. The first kappa shape index (κ1) is 18.3. The highest BCUT2D eigenvalue weighted by molar-refractivity contribution is 7.15. The van der Waals surface area contributed by atoms with Gasteiger partial charge in [0.15, 0.2) is 5.13 Å². The van der Waals surface area contributed by atoms with Crippen molar-refractivity contribution in [2.75, 3.05) is 51.3 Å². The molecule has 2 rings (SSSR count). The van der Waals surface area contributed by atoms with Crippen LogP contribution in [0.4, 0.5) is 5.13 Å². The maximum atomic E-state index is 12.4. The molecule has 1 aliphatic rings. The first-order valence-electron chi connectivity index (χ1n) is 8.30. The first-order chi connectivity index (χ1) is 11.0. The van der Waals surface area contributed by atoms with Gasteiger partial charge in [-0.25, -0.2) is 4.98 Å². The molecule has 0 bridgehead atoms.